The maximum absolute atomic E-state index is 13.3. The molecule has 0 unspecified atom stereocenters. The molecule has 1 aromatic carbocycles. The number of nitrogens with one attached hydrogen (secondary N) is 1. The van der Waals surface area contributed by atoms with E-state index in [1.54, 1.807) is 0 Å². The molecule has 0 amide bonds. The Morgan fingerprint density at radius 1 is 1.23 bits per heavy atom. The lowest BCUT2D eigenvalue weighted by molar-refractivity contribution is -0.910. The molecule has 1 N–H and O–H groups in total. The van der Waals surface area contributed by atoms with Crippen molar-refractivity contribution in [1.82, 2.24) is 4.98 Å². The first-order chi connectivity index (χ1) is 10.4. The Hall–Kier alpha value is -1.58. The second kappa shape index (κ2) is 4.46. The number of aromatic amines is 1. The maximum Gasteiger partial charge on any atom is 0.134 e. The number of hydrogen-bond donors (Lipinski definition) is 1. The monoisotopic (exact) mass is 296 g/mol. The van der Waals surface area contributed by atoms with Gasteiger partial charge in [-0.1, -0.05) is 44.5 Å². The third kappa shape index (κ3) is 1.96. The molecule has 2 aliphatic heterocycles. The van der Waals surface area contributed by atoms with Crippen LogP contribution in [-0.2, 0) is 6.42 Å². The van der Waals surface area contributed by atoms with Gasteiger partial charge in [-0.05, 0) is 23.1 Å². The van der Waals surface area contributed by atoms with Crippen molar-refractivity contribution in [3.8, 4) is 0 Å². The molecule has 3 heterocycles. The number of rotatable bonds is 0. The van der Waals surface area contributed by atoms with E-state index < -0.39 is 0 Å². The first kappa shape index (κ1) is 14.0. The van der Waals surface area contributed by atoms with Crippen molar-refractivity contribution < 1.29 is 4.65 Å². The van der Waals surface area contributed by atoms with Gasteiger partial charge >= 0.3 is 0 Å². The van der Waals surface area contributed by atoms with Crippen molar-refractivity contribution in [2.24, 2.45) is 5.41 Å². The number of hydroxylamine groups is 3. The van der Waals surface area contributed by atoms with Gasteiger partial charge in [0.1, 0.15) is 6.04 Å². The van der Waals surface area contributed by atoms with Gasteiger partial charge in [0.25, 0.3) is 0 Å². The molecule has 0 spiro atoms. The second-order valence-corrected chi connectivity index (χ2v) is 7.87. The SMILES string of the molecule is CC(C)(C)C1=CC[N@+]2([O-])CCc3c([nH]c4ccccc34)[C@@H]2C1. The zero-order chi connectivity index (χ0) is 15.5. The maximum atomic E-state index is 13.3. The van der Waals surface area contributed by atoms with E-state index in [0.717, 1.165) is 12.8 Å². The Balaban J connectivity index is 1.84. The minimum absolute atomic E-state index is 0.0374. The third-order valence-corrected chi connectivity index (χ3v) is 5.51. The summed E-state index contributed by atoms with van der Waals surface area (Å²) in [6, 6.07) is 8.49. The first-order valence-electron chi connectivity index (χ1n) is 8.25. The van der Waals surface area contributed by atoms with Gasteiger partial charge in [-0.2, -0.15) is 0 Å². The van der Waals surface area contributed by atoms with E-state index in [9.17, 15) is 5.21 Å². The van der Waals surface area contributed by atoms with Crippen LogP contribution in [0.4, 0.5) is 0 Å². The van der Waals surface area contributed by atoms with Crippen molar-refractivity contribution in [1.29, 1.82) is 0 Å². The van der Waals surface area contributed by atoms with Crippen LogP contribution in [0.1, 0.15) is 44.5 Å². The van der Waals surface area contributed by atoms with Crippen LogP contribution >= 0.6 is 0 Å². The van der Waals surface area contributed by atoms with E-state index in [-0.39, 0.29) is 16.1 Å². The van der Waals surface area contributed by atoms with E-state index in [4.69, 9.17) is 0 Å². The largest absolute Gasteiger partial charge is 0.632 e. The van der Waals surface area contributed by atoms with E-state index in [1.807, 2.05) is 0 Å². The van der Waals surface area contributed by atoms with Crippen molar-refractivity contribution in [2.45, 2.75) is 39.7 Å². The molecule has 0 fully saturated rings. The molecule has 0 radical (unpaired) electrons. The fourth-order valence-corrected chi connectivity index (χ4v) is 4.12. The molecule has 0 saturated heterocycles. The number of para-hydroxylation sites is 1. The van der Waals surface area contributed by atoms with Crippen molar-refractivity contribution >= 4 is 10.9 Å². The molecule has 2 aliphatic rings. The molecule has 0 saturated carbocycles. The minimum Gasteiger partial charge on any atom is -0.632 e. The number of nitrogens with zero attached hydrogens (tertiary/aromatic N) is 1. The van der Waals surface area contributed by atoms with Gasteiger partial charge < -0.3 is 14.8 Å². The second-order valence-electron chi connectivity index (χ2n) is 7.87. The van der Waals surface area contributed by atoms with Crippen LogP contribution in [0.3, 0.4) is 0 Å². The Morgan fingerprint density at radius 3 is 2.77 bits per heavy atom. The van der Waals surface area contributed by atoms with E-state index in [2.05, 4.69) is 56.1 Å². The zero-order valence-corrected chi connectivity index (χ0v) is 13.6. The number of benzene rings is 1. The number of fused-ring (bicyclic) bond motifs is 5. The van der Waals surface area contributed by atoms with Crippen LogP contribution in [-0.4, -0.2) is 22.7 Å². The van der Waals surface area contributed by atoms with E-state index in [1.165, 1.54) is 27.7 Å². The number of quaternary nitrogens is 1. The summed E-state index contributed by atoms with van der Waals surface area (Å²) < 4.78 is -0.0839. The predicted octanol–water partition coefficient (Wildman–Crippen LogP) is 4.46. The average molecular weight is 296 g/mol. The van der Waals surface area contributed by atoms with Crippen LogP contribution in [0.25, 0.3) is 10.9 Å². The van der Waals surface area contributed by atoms with E-state index in [0.29, 0.717) is 13.1 Å². The summed E-state index contributed by atoms with van der Waals surface area (Å²) >= 11 is 0. The summed E-state index contributed by atoms with van der Waals surface area (Å²) in [5, 5.41) is 14.6. The number of hydrogen-bond acceptors (Lipinski definition) is 1. The van der Waals surface area contributed by atoms with Gasteiger partial charge in [0.05, 0.1) is 18.8 Å². The van der Waals surface area contributed by atoms with Crippen molar-refractivity contribution in [3.05, 3.63) is 52.4 Å². The Morgan fingerprint density at radius 2 is 2.00 bits per heavy atom. The average Bonchev–Trinajstić information content (AvgIpc) is 2.84. The number of H-pyrrole nitrogens is 1. The third-order valence-electron chi connectivity index (χ3n) is 5.51. The van der Waals surface area contributed by atoms with Crippen LogP contribution in [0.5, 0.6) is 0 Å². The zero-order valence-electron chi connectivity index (χ0n) is 13.6. The van der Waals surface area contributed by atoms with Gasteiger partial charge in [0.15, 0.2) is 0 Å². The molecule has 4 rings (SSSR count). The molecule has 116 valence electrons. The lowest BCUT2D eigenvalue weighted by Gasteiger charge is -2.53. The molecular weight excluding hydrogens is 272 g/mol. The van der Waals surface area contributed by atoms with Crippen molar-refractivity contribution in [2.75, 3.05) is 13.1 Å². The van der Waals surface area contributed by atoms with Crippen LogP contribution < -0.4 is 0 Å². The molecule has 22 heavy (non-hydrogen) atoms. The standard InChI is InChI=1S/C19H24N2O/c1-19(2,3)13-8-10-21(22)11-9-15-14-6-4-5-7-16(14)20-18(15)17(21)12-13/h4-8,17,20H,9-12H2,1-3H3/t17-,21-/m0/s1. The lowest BCUT2D eigenvalue weighted by Crippen LogP contribution is -2.52. The molecule has 2 aromatic rings. The van der Waals surface area contributed by atoms with Gasteiger partial charge in [-0.15, -0.1) is 0 Å². The quantitative estimate of drug-likeness (QED) is 0.435. The Bertz CT molecular complexity index is 765. The van der Waals surface area contributed by atoms with Gasteiger partial charge in [0, 0.05) is 23.7 Å². The Kier molecular flexibility index (Phi) is 2.85. The highest BCUT2D eigenvalue weighted by molar-refractivity contribution is 5.85. The van der Waals surface area contributed by atoms with Gasteiger partial charge in [0.2, 0.25) is 0 Å². The minimum atomic E-state index is -0.0839. The fraction of sp³-hybridized carbons (Fsp3) is 0.474. The fourth-order valence-electron chi connectivity index (χ4n) is 4.12. The highest BCUT2D eigenvalue weighted by atomic mass is 16.5. The summed E-state index contributed by atoms with van der Waals surface area (Å²) in [6.07, 6.45) is 3.97. The summed E-state index contributed by atoms with van der Waals surface area (Å²) in [6.45, 7) is 8.06. The first-order valence-corrected chi connectivity index (χ1v) is 8.25. The van der Waals surface area contributed by atoms with E-state index >= 15 is 0 Å². The van der Waals surface area contributed by atoms with Gasteiger partial charge in [-0.3, -0.25) is 0 Å². The summed E-state index contributed by atoms with van der Waals surface area (Å²) in [5.74, 6) is 0. The predicted molar refractivity (Wildman–Crippen MR) is 90.3 cm³/mol. The van der Waals surface area contributed by atoms with Gasteiger partial charge in [-0.25, -0.2) is 0 Å². The molecule has 0 bridgehead atoms. The summed E-state index contributed by atoms with van der Waals surface area (Å²) in [5.41, 5.74) is 5.31. The summed E-state index contributed by atoms with van der Waals surface area (Å²) in [7, 11) is 0. The smallest absolute Gasteiger partial charge is 0.134 e. The number of aromatic nitrogens is 1. The van der Waals surface area contributed by atoms with Crippen molar-refractivity contribution in [3.63, 3.8) is 0 Å². The molecular formula is C19H24N2O. The molecule has 0 aliphatic carbocycles. The topological polar surface area (TPSA) is 38.8 Å². The highest BCUT2D eigenvalue weighted by Crippen LogP contribution is 2.47. The molecule has 2 atom stereocenters. The van der Waals surface area contributed by atoms with Crippen LogP contribution in [0.2, 0.25) is 0 Å². The van der Waals surface area contributed by atoms with Crippen LogP contribution in [0.15, 0.2) is 35.9 Å². The summed E-state index contributed by atoms with van der Waals surface area (Å²) in [4.78, 5) is 3.57. The molecule has 3 nitrogen and oxygen atoms in total. The normalized spacial score (nSPS) is 28.2. The Labute approximate surface area is 131 Å². The highest BCUT2D eigenvalue weighted by Gasteiger charge is 2.42. The molecule has 1 aromatic heterocycles. The molecule has 3 heteroatoms. The lowest BCUT2D eigenvalue weighted by atomic mass is 9.78. The van der Waals surface area contributed by atoms with Crippen LogP contribution in [0, 0.1) is 10.6 Å².